The van der Waals surface area contributed by atoms with Crippen LogP contribution in [0.5, 0.6) is 0 Å². The van der Waals surface area contributed by atoms with Gasteiger partial charge in [0.25, 0.3) is 0 Å². The summed E-state index contributed by atoms with van der Waals surface area (Å²) in [4.78, 5) is 0. The van der Waals surface area contributed by atoms with Gasteiger partial charge in [0, 0.05) is 12.5 Å². The lowest BCUT2D eigenvalue weighted by molar-refractivity contribution is 0.217. The number of hydrogen-bond acceptors (Lipinski definition) is 2. The van der Waals surface area contributed by atoms with Crippen LogP contribution in [0, 0.1) is 11.8 Å². The van der Waals surface area contributed by atoms with Gasteiger partial charge >= 0.3 is 0 Å². The van der Waals surface area contributed by atoms with Crippen LogP contribution in [0.4, 0.5) is 0 Å². The summed E-state index contributed by atoms with van der Waals surface area (Å²) in [5.41, 5.74) is 1.44. The molecule has 1 aromatic heterocycles. The minimum absolute atomic E-state index is 0.645. The Morgan fingerprint density at radius 1 is 1.33 bits per heavy atom. The first-order valence-electron chi connectivity index (χ1n) is 8.63. The van der Waals surface area contributed by atoms with Crippen LogP contribution in [0.25, 0.3) is 0 Å². The highest BCUT2D eigenvalue weighted by Crippen LogP contribution is 2.43. The standard InChI is InChI=1S/C17H30BrN3/c1-4-9-21-17(16(18)12-20-21)15-10-13(5-2)7-8-14(15)11-19-6-3/h12-15,19H,4-11H2,1-3H3. The van der Waals surface area contributed by atoms with Gasteiger partial charge in [0.15, 0.2) is 0 Å². The molecule has 0 spiro atoms. The number of halogens is 1. The molecule has 1 N–H and O–H groups in total. The Bertz CT molecular complexity index is 430. The molecule has 0 saturated heterocycles. The maximum atomic E-state index is 4.60. The molecule has 1 aliphatic carbocycles. The number of rotatable bonds is 7. The molecule has 1 fully saturated rings. The van der Waals surface area contributed by atoms with Crippen molar-refractivity contribution >= 4 is 15.9 Å². The minimum atomic E-state index is 0.645. The quantitative estimate of drug-likeness (QED) is 0.775. The molecule has 3 atom stereocenters. The molecule has 4 heteroatoms. The lowest BCUT2D eigenvalue weighted by Gasteiger charge is -2.36. The molecule has 0 aliphatic heterocycles. The van der Waals surface area contributed by atoms with Gasteiger partial charge in [0.05, 0.1) is 16.4 Å². The van der Waals surface area contributed by atoms with Gasteiger partial charge in [-0.1, -0.05) is 33.6 Å². The Morgan fingerprint density at radius 2 is 2.14 bits per heavy atom. The number of hydrogen-bond donors (Lipinski definition) is 1. The Balaban J connectivity index is 2.23. The second-order valence-corrected chi connectivity index (χ2v) is 7.22. The summed E-state index contributed by atoms with van der Waals surface area (Å²) in [6, 6.07) is 0. The van der Waals surface area contributed by atoms with Crippen molar-refractivity contribution in [2.45, 2.75) is 65.3 Å². The summed E-state index contributed by atoms with van der Waals surface area (Å²) in [6.07, 6.45) is 8.50. The number of aromatic nitrogens is 2. The Labute approximate surface area is 138 Å². The van der Waals surface area contributed by atoms with Crippen molar-refractivity contribution in [3.63, 3.8) is 0 Å². The monoisotopic (exact) mass is 355 g/mol. The van der Waals surface area contributed by atoms with E-state index < -0.39 is 0 Å². The van der Waals surface area contributed by atoms with Crippen LogP contribution in [0.3, 0.4) is 0 Å². The predicted molar refractivity (Wildman–Crippen MR) is 92.6 cm³/mol. The van der Waals surface area contributed by atoms with Gasteiger partial charge in [-0.05, 0) is 60.1 Å². The molecule has 1 heterocycles. The van der Waals surface area contributed by atoms with Crippen LogP contribution in [-0.4, -0.2) is 22.9 Å². The average molecular weight is 356 g/mol. The van der Waals surface area contributed by atoms with Gasteiger partial charge in [-0.25, -0.2) is 0 Å². The third-order valence-corrected chi connectivity index (χ3v) is 5.57. The molecule has 3 unspecified atom stereocenters. The molecular formula is C17H30BrN3. The lowest BCUT2D eigenvalue weighted by Crippen LogP contribution is -2.33. The van der Waals surface area contributed by atoms with Crippen molar-refractivity contribution in [3.05, 3.63) is 16.4 Å². The summed E-state index contributed by atoms with van der Waals surface area (Å²) in [5.74, 6) is 2.27. The molecule has 1 aromatic rings. The first-order valence-corrected chi connectivity index (χ1v) is 9.42. The van der Waals surface area contributed by atoms with E-state index in [1.54, 1.807) is 0 Å². The zero-order valence-corrected chi connectivity index (χ0v) is 15.3. The summed E-state index contributed by atoms with van der Waals surface area (Å²) in [7, 11) is 0. The maximum absolute atomic E-state index is 4.60. The fourth-order valence-electron chi connectivity index (χ4n) is 3.73. The maximum Gasteiger partial charge on any atom is 0.0635 e. The van der Waals surface area contributed by atoms with Gasteiger partial charge < -0.3 is 5.32 Å². The van der Waals surface area contributed by atoms with E-state index in [1.165, 1.54) is 35.8 Å². The summed E-state index contributed by atoms with van der Waals surface area (Å²) in [5, 5.41) is 8.16. The third-order valence-electron chi connectivity index (χ3n) is 4.96. The van der Waals surface area contributed by atoms with Crippen LogP contribution in [-0.2, 0) is 6.54 Å². The third kappa shape index (κ3) is 4.10. The molecular weight excluding hydrogens is 326 g/mol. The second kappa shape index (κ2) is 8.33. The summed E-state index contributed by atoms with van der Waals surface area (Å²) >= 11 is 3.76. The molecule has 0 amide bonds. The van der Waals surface area contributed by atoms with E-state index in [0.717, 1.165) is 37.9 Å². The molecule has 21 heavy (non-hydrogen) atoms. The van der Waals surface area contributed by atoms with Gasteiger partial charge in [-0.2, -0.15) is 5.10 Å². The molecule has 0 radical (unpaired) electrons. The van der Waals surface area contributed by atoms with Gasteiger partial charge in [0.1, 0.15) is 0 Å². The highest BCUT2D eigenvalue weighted by molar-refractivity contribution is 9.10. The first kappa shape index (κ1) is 17.0. The predicted octanol–water partition coefficient (Wildman–Crippen LogP) is 4.58. The Kier molecular flexibility index (Phi) is 6.74. The zero-order chi connectivity index (χ0) is 15.2. The number of nitrogens with one attached hydrogen (secondary N) is 1. The van der Waals surface area contributed by atoms with Crippen LogP contribution in [0.15, 0.2) is 10.7 Å². The Hall–Kier alpha value is -0.350. The van der Waals surface area contributed by atoms with E-state index >= 15 is 0 Å². The van der Waals surface area contributed by atoms with Gasteiger partial charge in [-0.3, -0.25) is 4.68 Å². The molecule has 1 aliphatic rings. The molecule has 3 nitrogen and oxygen atoms in total. The van der Waals surface area contributed by atoms with E-state index in [2.05, 4.69) is 51.8 Å². The average Bonchev–Trinajstić information content (AvgIpc) is 2.86. The Morgan fingerprint density at radius 3 is 2.81 bits per heavy atom. The van der Waals surface area contributed by atoms with Crippen molar-refractivity contribution in [3.8, 4) is 0 Å². The van der Waals surface area contributed by atoms with Crippen molar-refractivity contribution in [1.29, 1.82) is 0 Å². The molecule has 120 valence electrons. The highest BCUT2D eigenvalue weighted by Gasteiger charge is 2.33. The van der Waals surface area contributed by atoms with E-state index in [0.29, 0.717) is 5.92 Å². The van der Waals surface area contributed by atoms with Crippen molar-refractivity contribution in [2.75, 3.05) is 13.1 Å². The zero-order valence-electron chi connectivity index (χ0n) is 13.7. The first-order chi connectivity index (χ1) is 10.2. The topological polar surface area (TPSA) is 29.9 Å². The largest absolute Gasteiger partial charge is 0.317 e. The van der Waals surface area contributed by atoms with Gasteiger partial charge in [-0.15, -0.1) is 0 Å². The van der Waals surface area contributed by atoms with E-state index in [9.17, 15) is 0 Å². The molecule has 1 saturated carbocycles. The number of nitrogens with zero attached hydrogens (tertiary/aromatic N) is 2. The van der Waals surface area contributed by atoms with E-state index in [-0.39, 0.29) is 0 Å². The van der Waals surface area contributed by atoms with Crippen molar-refractivity contribution in [1.82, 2.24) is 15.1 Å². The minimum Gasteiger partial charge on any atom is -0.317 e. The van der Waals surface area contributed by atoms with E-state index in [1.807, 2.05) is 6.20 Å². The van der Waals surface area contributed by atoms with Crippen molar-refractivity contribution in [2.24, 2.45) is 11.8 Å². The lowest BCUT2D eigenvalue weighted by atomic mass is 9.71. The van der Waals surface area contributed by atoms with Crippen LogP contribution < -0.4 is 5.32 Å². The SMILES string of the molecule is CCCn1ncc(Br)c1C1CC(CC)CCC1CNCC. The fourth-order valence-corrected chi connectivity index (χ4v) is 4.32. The molecule has 0 bridgehead atoms. The highest BCUT2D eigenvalue weighted by atomic mass is 79.9. The second-order valence-electron chi connectivity index (χ2n) is 6.36. The van der Waals surface area contributed by atoms with Crippen LogP contribution in [0.1, 0.15) is 64.5 Å². The summed E-state index contributed by atoms with van der Waals surface area (Å²) < 4.78 is 3.45. The van der Waals surface area contributed by atoms with Crippen LogP contribution in [0.2, 0.25) is 0 Å². The van der Waals surface area contributed by atoms with Crippen LogP contribution >= 0.6 is 15.9 Å². The number of aryl methyl sites for hydroxylation is 1. The van der Waals surface area contributed by atoms with Crippen molar-refractivity contribution < 1.29 is 0 Å². The van der Waals surface area contributed by atoms with Gasteiger partial charge in [0.2, 0.25) is 0 Å². The smallest absolute Gasteiger partial charge is 0.0635 e. The molecule has 0 aromatic carbocycles. The molecule has 2 rings (SSSR count). The normalized spacial score (nSPS) is 26.2. The van der Waals surface area contributed by atoms with E-state index in [4.69, 9.17) is 0 Å². The summed E-state index contributed by atoms with van der Waals surface area (Å²) in [6.45, 7) is 10.00. The fraction of sp³-hybridized carbons (Fsp3) is 0.824.